The van der Waals surface area contributed by atoms with Gasteiger partial charge in [-0.25, -0.2) is 0 Å². The molecule has 0 bridgehead atoms. The Morgan fingerprint density at radius 1 is 1.47 bits per heavy atom. The van der Waals surface area contributed by atoms with Gasteiger partial charge in [-0.3, -0.25) is 4.79 Å². The normalized spacial score (nSPS) is 12.6. The molecule has 6 nitrogen and oxygen atoms in total. The van der Waals surface area contributed by atoms with Gasteiger partial charge in [-0.1, -0.05) is 19.0 Å². The number of nitrogens with zero attached hydrogens (tertiary/aromatic N) is 2. The summed E-state index contributed by atoms with van der Waals surface area (Å²) in [5.74, 6) is 1.78. The third-order valence-electron chi connectivity index (χ3n) is 3.30. The number of carbonyl (C=O) groups excluding carboxylic acids is 1. The second-order valence-corrected chi connectivity index (χ2v) is 5.07. The first kappa shape index (κ1) is 15.6. The van der Waals surface area contributed by atoms with E-state index in [1.807, 2.05) is 0 Å². The smallest absolute Gasteiger partial charge is 0.220 e. The maximum atomic E-state index is 11.7. The number of nitrogens with one attached hydrogen (secondary N) is 1. The lowest BCUT2D eigenvalue weighted by Crippen LogP contribution is -2.27. The highest BCUT2D eigenvalue weighted by molar-refractivity contribution is 5.75. The Kier molecular flexibility index (Phi) is 7.10. The van der Waals surface area contributed by atoms with E-state index < -0.39 is 0 Å². The van der Waals surface area contributed by atoms with Gasteiger partial charge in [-0.2, -0.15) is 4.98 Å². The molecule has 1 aromatic rings. The van der Waals surface area contributed by atoms with Gasteiger partial charge in [0.1, 0.15) is 0 Å². The van der Waals surface area contributed by atoms with Crippen molar-refractivity contribution in [2.24, 2.45) is 17.6 Å². The molecule has 0 fully saturated rings. The van der Waals surface area contributed by atoms with Crippen LogP contribution in [0.25, 0.3) is 0 Å². The third-order valence-corrected chi connectivity index (χ3v) is 3.30. The van der Waals surface area contributed by atoms with Gasteiger partial charge in [0.15, 0.2) is 5.82 Å². The molecule has 1 heterocycles. The van der Waals surface area contributed by atoms with Crippen LogP contribution in [0.4, 0.5) is 0 Å². The molecule has 3 N–H and O–H groups in total. The van der Waals surface area contributed by atoms with Crippen molar-refractivity contribution in [1.29, 1.82) is 0 Å². The Morgan fingerprint density at radius 2 is 2.26 bits per heavy atom. The highest BCUT2D eigenvalue weighted by Gasteiger charge is 2.14. The van der Waals surface area contributed by atoms with E-state index in [9.17, 15) is 4.79 Å². The predicted octanol–water partition coefficient (Wildman–Crippen LogP) is 1.13. The summed E-state index contributed by atoms with van der Waals surface area (Å²) in [5, 5.41) is 6.55. The van der Waals surface area contributed by atoms with Crippen LogP contribution in [0.3, 0.4) is 0 Å². The Balaban J connectivity index is 2.16. The quantitative estimate of drug-likeness (QED) is 0.700. The summed E-state index contributed by atoms with van der Waals surface area (Å²) in [7, 11) is 0. The fraction of sp³-hybridized carbons (Fsp3) is 0.769. The van der Waals surface area contributed by atoms with E-state index in [-0.39, 0.29) is 5.91 Å². The van der Waals surface area contributed by atoms with E-state index in [0.717, 1.165) is 12.8 Å². The fourth-order valence-electron chi connectivity index (χ4n) is 2.05. The van der Waals surface area contributed by atoms with E-state index in [1.165, 1.54) is 6.39 Å². The van der Waals surface area contributed by atoms with E-state index in [4.69, 9.17) is 5.73 Å². The molecule has 0 aliphatic carbocycles. The average molecular weight is 268 g/mol. The molecule has 1 rings (SSSR count). The lowest BCUT2D eigenvalue weighted by Gasteiger charge is -2.19. The van der Waals surface area contributed by atoms with Crippen molar-refractivity contribution in [1.82, 2.24) is 15.5 Å². The Morgan fingerprint density at radius 3 is 2.84 bits per heavy atom. The molecule has 19 heavy (non-hydrogen) atoms. The number of amides is 1. The zero-order valence-electron chi connectivity index (χ0n) is 11.8. The number of carbonyl (C=O) groups is 1. The first-order valence-corrected chi connectivity index (χ1v) is 6.85. The van der Waals surface area contributed by atoms with Crippen LogP contribution in [0, 0.1) is 11.8 Å². The van der Waals surface area contributed by atoms with Gasteiger partial charge in [0.05, 0.1) is 0 Å². The van der Waals surface area contributed by atoms with E-state index >= 15 is 0 Å². The maximum Gasteiger partial charge on any atom is 0.220 e. The molecule has 0 aromatic carbocycles. The molecule has 0 saturated carbocycles. The lowest BCUT2D eigenvalue weighted by atomic mass is 9.88. The lowest BCUT2D eigenvalue weighted by molar-refractivity contribution is -0.121. The molecule has 0 spiro atoms. The van der Waals surface area contributed by atoms with E-state index in [2.05, 4.69) is 33.8 Å². The van der Waals surface area contributed by atoms with Crippen molar-refractivity contribution in [3.8, 4) is 0 Å². The molecule has 1 atom stereocenters. The van der Waals surface area contributed by atoms with Crippen LogP contribution in [0.15, 0.2) is 10.9 Å². The van der Waals surface area contributed by atoms with Crippen molar-refractivity contribution in [2.75, 3.05) is 13.1 Å². The second kappa shape index (κ2) is 8.63. The van der Waals surface area contributed by atoms with Gasteiger partial charge in [-0.05, 0) is 31.2 Å². The van der Waals surface area contributed by atoms with Crippen molar-refractivity contribution >= 4 is 5.91 Å². The van der Waals surface area contributed by atoms with Crippen LogP contribution in [-0.2, 0) is 11.2 Å². The molecular weight excluding hydrogens is 244 g/mol. The van der Waals surface area contributed by atoms with Crippen molar-refractivity contribution < 1.29 is 9.32 Å². The zero-order chi connectivity index (χ0) is 14.1. The molecular formula is C13H24N4O2. The molecule has 1 aromatic heterocycles. The first-order valence-electron chi connectivity index (χ1n) is 6.85. The number of rotatable bonds is 9. The Labute approximate surface area is 114 Å². The number of aromatic nitrogens is 2. The average Bonchev–Trinajstić information content (AvgIpc) is 2.87. The number of hydrogen-bond donors (Lipinski definition) is 2. The molecule has 108 valence electrons. The number of hydrogen-bond acceptors (Lipinski definition) is 5. The topological polar surface area (TPSA) is 94.0 Å². The minimum Gasteiger partial charge on any atom is -0.356 e. The zero-order valence-corrected chi connectivity index (χ0v) is 11.8. The monoisotopic (exact) mass is 268 g/mol. The molecule has 0 radical (unpaired) electrons. The summed E-state index contributed by atoms with van der Waals surface area (Å²) in [6.45, 7) is 5.58. The predicted molar refractivity (Wildman–Crippen MR) is 72.2 cm³/mol. The molecule has 1 amide bonds. The van der Waals surface area contributed by atoms with Crippen molar-refractivity contribution in [2.45, 2.75) is 39.5 Å². The van der Waals surface area contributed by atoms with Gasteiger partial charge in [-0.15, -0.1) is 0 Å². The van der Waals surface area contributed by atoms with Crippen molar-refractivity contribution in [3.63, 3.8) is 0 Å². The van der Waals surface area contributed by atoms with Crippen LogP contribution >= 0.6 is 0 Å². The molecule has 6 heteroatoms. The van der Waals surface area contributed by atoms with Crippen LogP contribution in [0.1, 0.15) is 38.9 Å². The van der Waals surface area contributed by atoms with Gasteiger partial charge < -0.3 is 15.6 Å². The second-order valence-electron chi connectivity index (χ2n) is 5.07. The van der Waals surface area contributed by atoms with Gasteiger partial charge in [0.25, 0.3) is 0 Å². The minimum absolute atomic E-state index is 0.0752. The highest BCUT2D eigenvalue weighted by atomic mass is 16.5. The molecule has 1 unspecified atom stereocenters. The fourth-order valence-corrected chi connectivity index (χ4v) is 2.05. The highest BCUT2D eigenvalue weighted by Crippen LogP contribution is 2.20. The summed E-state index contributed by atoms with van der Waals surface area (Å²) < 4.78 is 4.62. The van der Waals surface area contributed by atoms with Crippen LogP contribution < -0.4 is 11.1 Å². The summed E-state index contributed by atoms with van der Waals surface area (Å²) in [6.07, 6.45) is 4.31. The van der Waals surface area contributed by atoms with E-state index in [1.54, 1.807) is 0 Å². The van der Waals surface area contributed by atoms with Crippen LogP contribution in [-0.4, -0.2) is 29.1 Å². The largest absolute Gasteiger partial charge is 0.356 e. The van der Waals surface area contributed by atoms with Crippen molar-refractivity contribution in [3.05, 3.63) is 12.2 Å². The third kappa shape index (κ3) is 6.33. The SMILES string of the molecule is CC(C)C(CCN)CCC(=O)NCCc1ncon1. The van der Waals surface area contributed by atoms with Gasteiger partial charge >= 0.3 is 0 Å². The van der Waals surface area contributed by atoms with Crippen LogP contribution in [0.5, 0.6) is 0 Å². The minimum atomic E-state index is 0.0752. The van der Waals surface area contributed by atoms with Gasteiger partial charge in [0.2, 0.25) is 12.3 Å². The van der Waals surface area contributed by atoms with E-state index in [0.29, 0.717) is 43.6 Å². The van der Waals surface area contributed by atoms with Gasteiger partial charge in [0, 0.05) is 19.4 Å². The molecule has 0 saturated heterocycles. The van der Waals surface area contributed by atoms with Crippen LogP contribution in [0.2, 0.25) is 0 Å². The summed E-state index contributed by atoms with van der Waals surface area (Å²) in [6, 6.07) is 0. The summed E-state index contributed by atoms with van der Waals surface area (Å²) >= 11 is 0. The number of nitrogens with two attached hydrogens (primary N) is 1. The standard InChI is InChI=1S/C13H24N4O2/c1-10(2)11(5-7-14)3-4-13(18)15-8-6-12-16-9-19-17-12/h9-11H,3-8,14H2,1-2H3,(H,15,18). The first-order chi connectivity index (χ1) is 9.13. The maximum absolute atomic E-state index is 11.7. The summed E-state index contributed by atoms with van der Waals surface area (Å²) in [4.78, 5) is 15.6. The Hall–Kier alpha value is -1.43. The molecule has 0 aliphatic rings. The Bertz CT molecular complexity index is 352. The molecule has 0 aliphatic heterocycles. The summed E-state index contributed by atoms with van der Waals surface area (Å²) in [5.41, 5.74) is 5.58.